The number of ether oxygens (including phenoxy) is 2. The van der Waals surface area contributed by atoms with Crippen molar-refractivity contribution in [2.45, 2.75) is 50.9 Å². The van der Waals surface area contributed by atoms with Crippen molar-refractivity contribution < 1.29 is 27.4 Å². The van der Waals surface area contributed by atoms with Crippen molar-refractivity contribution in [1.29, 1.82) is 0 Å². The van der Waals surface area contributed by atoms with Crippen LogP contribution in [0, 0.1) is 0 Å². The van der Waals surface area contributed by atoms with Crippen LogP contribution in [-0.2, 0) is 12.7 Å². The monoisotopic (exact) mass is 420 g/mol. The number of hydrogen-bond acceptors (Lipinski definition) is 3. The van der Waals surface area contributed by atoms with E-state index in [0.29, 0.717) is 18.0 Å². The van der Waals surface area contributed by atoms with Crippen molar-refractivity contribution in [3.63, 3.8) is 0 Å². The number of fused-ring (bicyclic) bond motifs is 1. The van der Waals surface area contributed by atoms with Crippen LogP contribution in [0.2, 0.25) is 0 Å². The van der Waals surface area contributed by atoms with E-state index in [4.69, 9.17) is 9.47 Å². The number of halogens is 3. The highest BCUT2D eigenvalue weighted by Crippen LogP contribution is 2.34. The molecule has 1 aliphatic heterocycles. The minimum atomic E-state index is -4.46. The molecule has 0 unspecified atom stereocenters. The van der Waals surface area contributed by atoms with Crippen LogP contribution in [0.15, 0.2) is 42.5 Å². The van der Waals surface area contributed by atoms with E-state index < -0.39 is 17.8 Å². The summed E-state index contributed by atoms with van der Waals surface area (Å²) in [6, 6.07) is 9.86. The number of rotatable bonds is 4. The molecule has 1 fully saturated rings. The Bertz CT molecular complexity index is 911. The molecule has 1 N–H and O–H groups in total. The Balaban J connectivity index is 1.54. The highest BCUT2D eigenvalue weighted by Gasteiger charge is 2.31. The van der Waals surface area contributed by atoms with Crippen molar-refractivity contribution in [1.82, 2.24) is 4.90 Å². The second-order valence-electron chi connectivity index (χ2n) is 7.62. The van der Waals surface area contributed by atoms with Crippen molar-refractivity contribution in [3.8, 4) is 11.5 Å². The van der Waals surface area contributed by atoms with E-state index in [1.165, 1.54) is 12.1 Å². The molecule has 4 rings (SSSR count). The molecular formula is C22H23F3N2O3. The van der Waals surface area contributed by atoms with Gasteiger partial charge in [0.05, 0.1) is 5.56 Å². The third-order valence-corrected chi connectivity index (χ3v) is 5.51. The number of carbonyl (C=O) groups excluding carboxylic acids is 1. The standard InChI is InChI=1S/C22H23F3N2O3/c23-22(24,25)16-5-4-6-17(12-16)26-21(28)27(18-7-2-1-3-8-18)13-15-9-10-19-20(11-15)30-14-29-19/h4-6,9-12,18H,1-3,7-8,13-14H2,(H,26,28). The molecule has 30 heavy (non-hydrogen) atoms. The fourth-order valence-electron chi connectivity index (χ4n) is 3.96. The predicted octanol–water partition coefficient (Wildman–Crippen LogP) is 5.80. The van der Waals surface area contributed by atoms with E-state index in [1.54, 1.807) is 11.0 Å². The van der Waals surface area contributed by atoms with Crippen LogP contribution in [0.4, 0.5) is 23.7 Å². The summed E-state index contributed by atoms with van der Waals surface area (Å²) in [7, 11) is 0. The van der Waals surface area contributed by atoms with E-state index in [9.17, 15) is 18.0 Å². The molecule has 0 bridgehead atoms. The van der Waals surface area contributed by atoms with Crippen LogP contribution in [0.25, 0.3) is 0 Å². The van der Waals surface area contributed by atoms with E-state index in [2.05, 4.69) is 5.32 Å². The first kappa shape index (κ1) is 20.4. The number of benzene rings is 2. The Labute approximate surface area is 172 Å². The van der Waals surface area contributed by atoms with Gasteiger partial charge in [-0.2, -0.15) is 13.2 Å². The Hall–Kier alpha value is -2.90. The maximum atomic E-state index is 13.1. The highest BCUT2D eigenvalue weighted by atomic mass is 19.4. The summed E-state index contributed by atoms with van der Waals surface area (Å²) in [4.78, 5) is 14.8. The average molecular weight is 420 g/mol. The minimum Gasteiger partial charge on any atom is -0.454 e. The second kappa shape index (κ2) is 8.45. The predicted molar refractivity (Wildman–Crippen MR) is 105 cm³/mol. The normalized spacial score (nSPS) is 16.4. The van der Waals surface area contributed by atoms with Crippen LogP contribution in [0.3, 0.4) is 0 Å². The summed E-state index contributed by atoms with van der Waals surface area (Å²) >= 11 is 0. The molecule has 2 aliphatic rings. The maximum Gasteiger partial charge on any atom is 0.416 e. The summed E-state index contributed by atoms with van der Waals surface area (Å²) in [5, 5.41) is 2.66. The van der Waals surface area contributed by atoms with Crippen molar-refractivity contribution in [3.05, 3.63) is 53.6 Å². The van der Waals surface area contributed by atoms with E-state index in [1.807, 2.05) is 12.1 Å². The highest BCUT2D eigenvalue weighted by molar-refractivity contribution is 5.89. The van der Waals surface area contributed by atoms with Gasteiger partial charge >= 0.3 is 12.2 Å². The SMILES string of the molecule is O=C(Nc1cccc(C(F)(F)F)c1)N(Cc1ccc2c(c1)OCO2)C1CCCCC1. The fraction of sp³-hybridized carbons (Fsp3) is 0.409. The summed E-state index contributed by atoms with van der Waals surface area (Å²) in [5.74, 6) is 1.30. The first-order valence-electron chi connectivity index (χ1n) is 10.0. The quantitative estimate of drug-likeness (QED) is 0.680. The smallest absolute Gasteiger partial charge is 0.416 e. The molecule has 5 nitrogen and oxygen atoms in total. The van der Waals surface area contributed by atoms with Gasteiger partial charge in [-0.05, 0) is 48.7 Å². The van der Waals surface area contributed by atoms with Gasteiger partial charge in [-0.1, -0.05) is 31.4 Å². The lowest BCUT2D eigenvalue weighted by Crippen LogP contribution is -2.43. The third-order valence-electron chi connectivity index (χ3n) is 5.51. The zero-order valence-electron chi connectivity index (χ0n) is 16.4. The van der Waals surface area contributed by atoms with Crippen molar-refractivity contribution in [2.24, 2.45) is 0 Å². The molecule has 0 atom stereocenters. The Morgan fingerprint density at radius 2 is 1.80 bits per heavy atom. The van der Waals surface area contributed by atoms with E-state index in [-0.39, 0.29) is 18.5 Å². The fourth-order valence-corrected chi connectivity index (χ4v) is 3.96. The van der Waals surface area contributed by atoms with E-state index >= 15 is 0 Å². The number of nitrogens with one attached hydrogen (secondary N) is 1. The molecule has 8 heteroatoms. The van der Waals surface area contributed by atoms with Crippen LogP contribution in [0.1, 0.15) is 43.2 Å². The molecule has 2 amide bonds. The molecule has 1 aliphatic carbocycles. The largest absolute Gasteiger partial charge is 0.454 e. The first-order valence-corrected chi connectivity index (χ1v) is 10.0. The van der Waals surface area contributed by atoms with Gasteiger partial charge < -0.3 is 19.7 Å². The van der Waals surface area contributed by atoms with Gasteiger partial charge in [0.25, 0.3) is 0 Å². The lowest BCUT2D eigenvalue weighted by atomic mass is 9.94. The van der Waals surface area contributed by atoms with Crippen molar-refractivity contribution in [2.75, 3.05) is 12.1 Å². The van der Waals surface area contributed by atoms with E-state index in [0.717, 1.165) is 49.8 Å². The van der Waals surface area contributed by atoms with Crippen LogP contribution in [-0.4, -0.2) is 23.8 Å². The first-order chi connectivity index (χ1) is 14.4. The summed E-state index contributed by atoms with van der Waals surface area (Å²) in [5.41, 5.74) is 0.214. The zero-order valence-corrected chi connectivity index (χ0v) is 16.4. The Kier molecular flexibility index (Phi) is 5.74. The molecule has 0 aromatic heterocycles. The van der Waals surface area contributed by atoms with Gasteiger partial charge in [0.1, 0.15) is 0 Å². The Morgan fingerprint density at radius 3 is 2.57 bits per heavy atom. The topological polar surface area (TPSA) is 50.8 Å². The van der Waals surface area contributed by atoms with Crippen LogP contribution in [0.5, 0.6) is 11.5 Å². The van der Waals surface area contributed by atoms with Gasteiger partial charge in [-0.3, -0.25) is 0 Å². The molecule has 2 aromatic carbocycles. The van der Waals surface area contributed by atoms with Crippen LogP contribution >= 0.6 is 0 Å². The van der Waals surface area contributed by atoms with Gasteiger partial charge in [-0.15, -0.1) is 0 Å². The van der Waals surface area contributed by atoms with Gasteiger partial charge in [0.2, 0.25) is 6.79 Å². The number of nitrogens with zero attached hydrogens (tertiary/aromatic N) is 1. The summed E-state index contributed by atoms with van der Waals surface area (Å²) < 4.78 is 49.8. The molecule has 1 heterocycles. The molecule has 0 saturated heterocycles. The third kappa shape index (κ3) is 4.63. The van der Waals surface area contributed by atoms with Crippen LogP contribution < -0.4 is 14.8 Å². The molecular weight excluding hydrogens is 397 g/mol. The van der Waals surface area contributed by atoms with Gasteiger partial charge in [0, 0.05) is 18.3 Å². The molecule has 2 aromatic rings. The van der Waals surface area contributed by atoms with Gasteiger partial charge in [0.15, 0.2) is 11.5 Å². The number of urea groups is 1. The number of hydrogen-bond donors (Lipinski definition) is 1. The lowest BCUT2D eigenvalue weighted by Gasteiger charge is -2.34. The summed E-state index contributed by atoms with van der Waals surface area (Å²) in [6.45, 7) is 0.507. The number of anilines is 1. The molecule has 0 spiro atoms. The average Bonchev–Trinajstić information content (AvgIpc) is 3.20. The number of amides is 2. The van der Waals surface area contributed by atoms with Gasteiger partial charge in [-0.25, -0.2) is 4.79 Å². The minimum absolute atomic E-state index is 0.0370. The summed E-state index contributed by atoms with van der Waals surface area (Å²) in [6.07, 6.45) is 0.472. The lowest BCUT2D eigenvalue weighted by molar-refractivity contribution is -0.137. The van der Waals surface area contributed by atoms with Crippen molar-refractivity contribution >= 4 is 11.7 Å². The molecule has 1 saturated carbocycles. The maximum absolute atomic E-state index is 13.1. The molecule has 0 radical (unpaired) electrons. The molecule has 160 valence electrons. The number of alkyl halides is 3. The Morgan fingerprint density at radius 1 is 1.03 bits per heavy atom. The zero-order chi connectivity index (χ0) is 21.1. The second-order valence-corrected chi connectivity index (χ2v) is 7.62. The number of carbonyl (C=O) groups is 1.